The molecule has 1 aromatic carbocycles. The Labute approximate surface area is 121 Å². The lowest BCUT2D eigenvalue weighted by molar-refractivity contribution is 0.258. The van der Waals surface area contributed by atoms with E-state index in [2.05, 4.69) is 5.16 Å². The zero-order valence-corrected chi connectivity index (χ0v) is 11.5. The monoisotopic (exact) mass is 288 g/mol. The maximum Gasteiger partial charge on any atom is 0.230 e. The van der Waals surface area contributed by atoms with Crippen LogP contribution in [-0.2, 0) is 12.8 Å². The van der Waals surface area contributed by atoms with Crippen molar-refractivity contribution in [1.29, 1.82) is 0 Å². The highest BCUT2D eigenvalue weighted by Crippen LogP contribution is 2.52. The molecular formula is C15H16N2O4. The van der Waals surface area contributed by atoms with Crippen LogP contribution >= 0.6 is 0 Å². The first-order chi connectivity index (χ1) is 10.3. The van der Waals surface area contributed by atoms with Crippen molar-refractivity contribution in [3.05, 3.63) is 17.3 Å². The summed E-state index contributed by atoms with van der Waals surface area (Å²) in [4.78, 5) is 0. The van der Waals surface area contributed by atoms with E-state index >= 15 is 0 Å². The van der Waals surface area contributed by atoms with Gasteiger partial charge in [-0.2, -0.15) is 0 Å². The Morgan fingerprint density at radius 1 is 1.05 bits per heavy atom. The molecule has 0 bridgehead atoms. The molecule has 2 aromatic rings. The number of nitrogen functional groups attached to an aromatic ring is 1. The van der Waals surface area contributed by atoms with Crippen molar-refractivity contribution in [2.45, 2.75) is 25.7 Å². The number of fused-ring (bicyclic) bond motifs is 2. The number of anilines is 1. The van der Waals surface area contributed by atoms with E-state index in [4.69, 9.17) is 19.7 Å². The number of nitrogens with two attached hydrogens (primary N) is 1. The van der Waals surface area contributed by atoms with Crippen molar-refractivity contribution in [2.24, 2.45) is 0 Å². The lowest BCUT2D eigenvalue weighted by atomic mass is 9.89. The molecule has 0 amide bonds. The van der Waals surface area contributed by atoms with Crippen LogP contribution in [0.5, 0.6) is 17.2 Å². The summed E-state index contributed by atoms with van der Waals surface area (Å²) in [6.07, 6.45) is 4.92. The van der Waals surface area contributed by atoms with Gasteiger partial charge in [-0.3, -0.25) is 0 Å². The maximum atomic E-state index is 10.5. The van der Waals surface area contributed by atoms with Gasteiger partial charge in [-0.25, -0.2) is 0 Å². The van der Waals surface area contributed by atoms with Crippen molar-refractivity contribution >= 4 is 5.88 Å². The Kier molecular flexibility index (Phi) is 2.70. The number of phenols is 1. The molecule has 4 rings (SSSR count). The molecule has 0 unspecified atom stereocenters. The molecule has 2 aliphatic rings. The first-order valence-electron chi connectivity index (χ1n) is 7.14. The van der Waals surface area contributed by atoms with E-state index in [1.54, 1.807) is 6.20 Å². The van der Waals surface area contributed by atoms with Crippen LogP contribution in [0.25, 0.3) is 11.1 Å². The molecule has 0 atom stereocenters. The highest BCUT2D eigenvalue weighted by atomic mass is 16.5. The summed E-state index contributed by atoms with van der Waals surface area (Å²) in [5.74, 6) is 1.71. The lowest BCUT2D eigenvalue weighted by Gasteiger charge is -2.28. The van der Waals surface area contributed by atoms with Crippen LogP contribution in [0.2, 0.25) is 0 Å². The van der Waals surface area contributed by atoms with Gasteiger partial charge in [0.05, 0.1) is 25.0 Å². The van der Waals surface area contributed by atoms with Gasteiger partial charge in [0.1, 0.15) is 5.75 Å². The second kappa shape index (κ2) is 4.58. The first-order valence-corrected chi connectivity index (χ1v) is 7.14. The Hall–Kier alpha value is -2.37. The molecular weight excluding hydrogens is 272 g/mol. The van der Waals surface area contributed by atoms with E-state index in [9.17, 15) is 5.11 Å². The number of benzene rings is 1. The van der Waals surface area contributed by atoms with Gasteiger partial charge in [0, 0.05) is 16.7 Å². The highest BCUT2D eigenvalue weighted by Gasteiger charge is 2.31. The molecule has 3 heterocycles. The van der Waals surface area contributed by atoms with Gasteiger partial charge in [-0.1, -0.05) is 5.16 Å². The average Bonchev–Trinajstić information content (AvgIpc) is 2.94. The first kappa shape index (κ1) is 12.4. The number of rotatable bonds is 1. The zero-order chi connectivity index (χ0) is 14.4. The molecule has 0 radical (unpaired) electrons. The molecule has 3 N–H and O–H groups in total. The number of aromatic hydroxyl groups is 1. The number of nitrogens with zero attached hydrogens (tertiary/aromatic N) is 1. The standard InChI is InChI=1S/C15H16N2O4/c16-15-10(7-17-21-15)11-8-3-1-6-20-14(8)12(18)9-4-2-5-19-13(9)11/h7,18H,1-6,16H2. The quantitative estimate of drug-likeness (QED) is 0.836. The summed E-state index contributed by atoms with van der Waals surface area (Å²) in [5, 5.41) is 14.3. The topological polar surface area (TPSA) is 90.7 Å². The Morgan fingerprint density at radius 3 is 2.48 bits per heavy atom. The fourth-order valence-corrected chi connectivity index (χ4v) is 3.14. The summed E-state index contributed by atoms with van der Waals surface area (Å²) in [6.45, 7) is 1.24. The van der Waals surface area contributed by atoms with Crippen LogP contribution in [0.4, 0.5) is 5.88 Å². The number of hydrogen-bond acceptors (Lipinski definition) is 6. The van der Waals surface area contributed by atoms with E-state index in [0.29, 0.717) is 30.3 Å². The molecule has 0 saturated carbocycles. The normalized spacial score (nSPS) is 16.6. The van der Waals surface area contributed by atoms with Crippen molar-refractivity contribution in [2.75, 3.05) is 18.9 Å². The predicted octanol–water partition coefficient (Wildman–Crippen LogP) is 2.28. The fourth-order valence-electron chi connectivity index (χ4n) is 3.14. The minimum atomic E-state index is 0.207. The SMILES string of the molecule is Nc1oncc1-c1c2c(c(O)c3c1OCCC3)OCCC2. The highest BCUT2D eigenvalue weighted by molar-refractivity contribution is 5.85. The number of hydrogen-bond donors (Lipinski definition) is 2. The average molecular weight is 288 g/mol. The molecule has 21 heavy (non-hydrogen) atoms. The lowest BCUT2D eigenvalue weighted by Crippen LogP contribution is -2.16. The number of phenolic OH excluding ortho intramolecular Hbond substituents is 1. The second-order valence-electron chi connectivity index (χ2n) is 5.35. The van der Waals surface area contributed by atoms with Gasteiger partial charge >= 0.3 is 0 Å². The summed E-state index contributed by atoms with van der Waals surface area (Å²) in [5.41, 5.74) is 9.16. The number of aromatic nitrogens is 1. The Balaban J connectivity index is 2.06. The number of ether oxygens (including phenoxy) is 2. The van der Waals surface area contributed by atoms with E-state index in [0.717, 1.165) is 42.4 Å². The van der Waals surface area contributed by atoms with Gasteiger partial charge in [-0.15, -0.1) is 0 Å². The Bertz CT molecular complexity index is 671. The zero-order valence-electron chi connectivity index (χ0n) is 11.5. The van der Waals surface area contributed by atoms with Gasteiger partial charge < -0.3 is 24.8 Å². The molecule has 0 spiro atoms. The second-order valence-corrected chi connectivity index (χ2v) is 5.35. The van der Waals surface area contributed by atoms with Crippen LogP contribution < -0.4 is 15.2 Å². The minimum Gasteiger partial charge on any atom is -0.504 e. The summed E-state index contributed by atoms with van der Waals surface area (Å²) < 4.78 is 16.5. The molecule has 0 fully saturated rings. The Morgan fingerprint density at radius 2 is 1.76 bits per heavy atom. The summed E-state index contributed by atoms with van der Waals surface area (Å²) in [6, 6.07) is 0. The van der Waals surface area contributed by atoms with Gasteiger partial charge in [0.15, 0.2) is 11.5 Å². The third kappa shape index (κ3) is 1.75. The molecule has 110 valence electrons. The molecule has 1 aromatic heterocycles. The van der Waals surface area contributed by atoms with Gasteiger partial charge in [-0.05, 0) is 25.7 Å². The predicted molar refractivity (Wildman–Crippen MR) is 75.6 cm³/mol. The van der Waals surface area contributed by atoms with Crippen LogP contribution in [-0.4, -0.2) is 23.5 Å². The molecule has 6 heteroatoms. The van der Waals surface area contributed by atoms with Crippen molar-refractivity contribution < 1.29 is 19.1 Å². The third-order valence-electron chi connectivity index (χ3n) is 4.08. The van der Waals surface area contributed by atoms with Crippen molar-refractivity contribution in [3.63, 3.8) is 0 Å². The largest absolute Gasteiger partial charge is 0.504 e. The van der Waals surface area contributed by atoms with Crippen LogP contribution in [0.1, 0.15) is 24.0 Å². The van der Waals surface area contributed by atoms with Crippen molar-refractivity contribution in [3.8, 4) is 28.4 Å². The van der Waals surface area contributed by atoms with Gasteiger partial charge in [0.25, 0.3) is 0 Å². The van der Waals surface area contributed by atoms with E-state index in [1.807, 2.05) is 0 Å². The van der Waals surface area contributed by atoms with Crippen LogP contribution in [0, 0.1) is 0 Å². The smallest absolute Gasteiger partial charge is 0.230 e. The van der Waals surface area contributed by atoms with Crippen LogP contribution in [0.3, 0.4) is 0 Å². The minimum absolute atomic E-state index is 0.207. The molecule has 0 aliphatic carbocycles. The fraction of sp³-hybridized carbons (Fsp3) is 0.400. The van der Waals surface area contributed by atoms with Crippen LogP contribution in [0.15, 0.2) is 10.7 Å². The summed E-state index contributed by atoms with van der Waals surface area (Å²) in [7, 11) is 0. The third-order valence-corrected chi connectivity index (χ3v) is 4.08. The van der Waals surface area contributed by atoms with Crippen molar-refractivity contribution in [1.82, 2.24) is 5.16 Å². The van der Waals surface area contributed by atoms with E-state index in [-0.39, 0.29) is 11.6 Å². The van der Waals surface area contributed by atoms with Gasteiger partial charge in [0.2, 0.25) is 5.88 Å². The molecule has 6 nitrogen and oxygen atoms in total. The molecule has 0 saturated heterocycles. The van der Waals surface area contributed by atoms with E-state index < -0.39 is 0 Å². The summed E-state index contributed by atoms with van der Waals surface area (Å²) >= 11 is 0. The van der Waals surface area contributed by atoms with E-state index in [1.165, 1.54) is 0 Å². The maximum absolute atomic E-state index is 10.5. The molecule has 2 aliphatic heterocycles.